The minimum atomic E-state index is -0.674. The lowest BCUT2D eigenvalue weighted by Gasteiger charge is -2.38. The molecule has 1 aromatic carbocycles. The van der Waals surface area contributed by atoms with Crippen LogP contribution in [0.5, 0.6) is 0 Å². The van der Waals surface area contributed by atoms with E-state index in [1.807, 2.05) is 29.9 Å². The molecule has 2 heterocycles. The number of carbonyl (C=O) groups is 2. The number of amides is 2. The second kappa shape index (κ2) is 13.0. The maximum Gasteiger partial charge on any atom is 0.245 e. The number of rotatable bonds is 8. The van der Waals surface area contributed by atoms with Gasteiger partial charge in [-0.3, -0.25) is 14.3 Å². The minimum absolute atomic E-state index is 0.0235. The monoisotopic (exact) mass is 577 g/mol. The summed E-state index contributed by atoms with van der Waals surface area (Å²) in [5.74, 6) is -0.505. The number of hydrogen-bond acceptors (Lipinski definition) is 5. The van der Waals surface area contributed by atoms with Gasteiger partial charge in [0.05, 0.1) is 28.4 Å². The molecule has 0 bridgehead atoms. The fourth-order valence-corrected chi connectivity index (χ4v) is 6.15. The molecule has 2 unspecified atom stereocenters. The van der Waals surface area contributed by atoms with Gasteiger partial charge in [0.2, 0.25) is 11.8 Å². The van der Waals surface area contributed by atoms with Crippen LogP contribution in [0.4, 0.5) is 0 Å². The number of likely N-dealkylation sites (tertiary alicyclic amines) is 1. The molecular weight excluding hydrogens is 541 g/mol. The molecule has 4 rings (SSSR count). The van der Waals surface area contributed by atoms with Gasteiger partial charge in [-0.2, -0.15) is 5.10 Å². The minimum Gasteiger partial charge on any atom is -0.379 e. The molecule has 0 radical (unpaired) electrons. The fraction of sp³-hybridized carbons (Fsp3) is 0.556. The molecule has 2 fully saturated rings. The second-order valence-corrected chi connectivity index (χ2v) is 11.1. The Labute approximate surface area is 239 Å². The van der Waals surface area contributed by atoms with Gasteiger partial charge >= 0.3 is 0 Å². The Balaban J connectivity index is 1.39. The van der Waals surface area contributed by atoms with Crippen molar-refractivity contribution < 1.29 is 14.3 Å². The van der Waals surface area contributed by atoms with Crippen LogP contribution in [-0.2, 0) is 21.4 Å². The molecule has 5 N–H and O–H groups in total. The van der Waals surface area contributed by atoms with Crippen LogP contribution in [0.3, 0.4) is 0 Å². The lowest BCUT2D eigenvalue weighted by atomic mass is 9.83. The molecule has 39 heavy (non-hydrogen) atoms. The number of halogens is 2. The average molecular weight is 579 g/mol. The smallest absolute Gasteiger partial charge is 0.245 e. The number of piperidine rings is 1. The lowest BCUT2D eigenvalue weighted by Crippen LogP contribution is -2.51. The Kier molecular flexibility index (Phi) is 9.74. The van der Waals surface area contributed by atoms with Crippen molar-refractivity contribution in [2.75, 3.05) is 26.7 Å². The highest BCUT2D eigenvalue weighted by Gasteiger charge is 2.35. The number of guanidine groups is 1. The van der Waals surface area contributed by atoms with Crippen LogP contribution < -0.4 is 16.8 Å². The van der Waals surface area contributed by atoms with Crippen LogP contribution in [-0.4, -0.2) is 71.3 Å². The average Bonchev–Trinajstić information content (AvgIpc) is 3.32. The Morgan fingerprint density at radius 3 is 2.64 bits per heavy atom. The summed E-state index contributed by atoms with van der Waals surface area (Å²) in [6.45, 7) is 0.804. The molecule has 1 aromatic heterocycles. The molecule has 1 aliphatic heterocycles. The molecule has 1 aliphatic carbocycles. The van der Waals surface area contributed by atoms with Crippen LogP contribution in [0, 0.1) is 5.92 Å². The number of benzene rings is 1. The summed E-state index contributed by atoms with van der Waals surface area (Å²) in [7, 11) is 3.53. The normalized spacial score (nSPS) is 20.9. The molecule has 212 valence electrons. The van der Waals surface area contributed by atoms with E-state index in [-0.39, 0.29) is 42.3 Å². The third-order valence-electron chi connectivity index (χ3n) is 7.81. The van der Waals surface area contributed by atoms with Crippen LogP contribution in [0.2, 0.25) is 10.0 Å². The van der Waals surface area contributed by atoms with Gasteiger partial charge in [0.15, 0.2) is 5.96 Å². The Morgan fingerprint density at radius 2 is 1.95 bits per heavy atom. The number of methoxy groups -OCH3 is 1. The van der Waals surface area contributed by atoms with Crippen molar-refractivity contribution in [3.63, 3.8) is 0 Å². The molecule has 2 aliphatic rings. The van der Waals surface area contributed by atoms with E-state index in [0.717, 1.165) is 49.1 Å². The standard InChI is InChI=1S/C27H37Cl2N7O3/c1-35-21(13-20(34-35)17-9-6-10-19(28)24(17)29)18-11-12-36(15-22(18)39-2)23(37)14-32-26(38)25(33-27(30)31)16-7-4-3-5-8-16/h6,9-10,13,16,18,22,25H,3-5,7-8,11-12,14-15H2,1-2H3,(H,32,38)(H4,30,31,33)/t18?,22?,25-/m1/s1. The van der Waals surface area contributed by atoms with Crippen molar-refractivity contribution in [1.82, 2.24) is 20.0 Å². The molecule has 2 aromatic rings. The number of hydrogen-bond donors (Lipinski definition) is 3. The van der Waals surface area contributed by atoms with Gasteiger partial charge in [0.25, 0.3) is 0 Å². The summed E-state index contributed by atoms with van der Waals surface area (Å²) in [6, 6.07) is 6.79. The number of nitrogens with one attached hydrogen (secondary N) is 1. The number of aliphatic imine (C=N–C) groups is 1. The van der Waals surface area contributed by atoms with E-state index in [0.29, 0.717) is 29.6 Å². The number of nitrogens with zero attached hydrogens (tertiary/aromatic N) is 4. The topological polar surface area (TPSA) is 141 Å². The number of carbonyl (C=O) groups excluding carboxylic acids is 2. The van der Waals surface area contributed by atoms with Gasteiger partial charge in [0, 0.05) is 44.4 Å². The van der Waals surface area contributed by atoms with E-state index in [2.05, 4.69) is 15.4 Å². The van der Waals surface area contributed by atoms with E-state index in [1.54, 1.807) is 18.1 Å². The predicted molar refractivity (Wildman–Crippen MR) is 153 cm³/mol. The van der Waals surface area contributed by atoms with Gasteiger partial charge in [0.1, 0.15) is 6.04 Å². The van der Waals surface area contributed by atoms with Crippen molar-refractivity contribution >= 4 is 41.0 Å². The first kappa shape index (κ1) is 29.2. The van der Waals surface area contributed by atoms with Crippen molar-refractivity contribution in [3.05, 3.63) is 40.0 Å². The van der Waals surface area contributed by atoms with E-state index >= 15 is 0 Å². The van der Waals surface area contributed by atoms with E-state index in [1.165, 1.54) is 0 Å². The maximum absolute atomic E-state index is 13.1. The fourth-order valence-electron chi connectivity index (χ4n) is 5.75. The molecule has 1 saturated heterocycles. The third-order valence-corrected chi connectivity index (χ3v) is 8.62. The summed E-state index contributed by atoms with van der Waals surface area (Å²) in [5.41, 5.74) is 13.7. The van der Waals surface area contributed by atoms with Gasteiger partial charge < -0.3 is 26.4 Å². The van der Waals surface area contributed by atoms with Gasteiger partial charge in [-0.05, 0) is 37.3 Å². The Morgan fingerprint density at radius 1 is 1.21 bits per heavy atom. The van der Waals surface area contributed by atoms with Gasteiger partial charge in [-0.25, -0.2) is 4.99 Å². The summed E-state index contributed by atoms with van der Waals surface area (Å²) in [6.07, 6.45) is 5.47. The molecule has 12 heteroatoms. The SMILES string of the molecule is COC1CN(C(=O)CNC(=O)[C@H](N=C(N)N)C2CCCCC2)CCC1c1cc(-c2cccc(Cl)c2Cl)nn1C. The molecule has 2 amide bonds. The van der Waals surface area contributed by atoms with E-state index in [9.17, 15) is 9.59 Å². The summed E-state index contributed by atoms with van der Waals surface area (Å²) in [5, 5.41) is 8.37. The Bertz CT molecular complexity index is 1210. The van der Waals surface area contributed by atoms with Crippen LogP contribution >= 0.6 is 23.2 Å². The predicted octanol–water partition coefficient (Wildman–Crippen LogP) is 3.06. The highest BCUT2D eigenvalue weighted by Crippen LogP contribution is 2.36. The number of ether oxygens (including phenoxy) is 1. The molecule has 1 saturated carbocycles. The van der Waals surface area contributed by atoms with Crippen molar-refractivity contribution in [2.45, 2.75) is 56.6 Å². The summed E-state index contributed by atoms with van der Waals surface area (Å²) >= 11 is 12.6. The Hall–Kier alpha value is -2.82. The third kappa shape index (κ3) is 6.85. The largest absolute Gasteiger partial charge is 0.379 e. The number of aryl methyl sites for hydroxylation is 1. The molecule has 3 atom stereocenters. The second-order valence-electron chi connectivity index (χ2n) is 10.3. The van der Waals surface area contributed by atoms with Crippen molar-refractivity contribution in [3.8, 4) is 11.3 Å². The van der Waals surface area contributed by atoms with Gasteiger partial charge in [-0.15, -0.1) is 0 Å². The zero-order chi connectivity index (χ0) is 28.1. The molecular formula is C27H37Cl2N7O3. The van der Waals surface area contributed by atoms with Gasteiger partial charge in [-0.1, -0.05) is 54.6 Å². The lowest BCUT2D eigenvalue weighted by molar-refractivity contribution is -0.136. The zero-order valence-corrected chi connectivity index (χ0v) is 23.9. The molecule has 10 nitrogen and oxygen atoms in total. The van der Waals surface area contributed by atoms with Crippen molar-refractivity contribution in [2.24, 2.45) is 29.4 Å². The number of aromatic nitrogens is 2. The van der Waals surface area contributed by atoms with Crippen LogP contribution in [0.1, 0.15) is 50.1 Å². The quantitative estimate of drug-likeness (QED) is 0.325. The first-order valence-corrected chi connectivity index (χ1v) is 14.1. The zero-order valence-electron chi connectivity index (χ0n) is 22.4. The highest BCUT2D eigenvalue weighted by molar-refractivity contribution is 6.43. The first-order valence-electron chi connectivity index (χ1n) is 13.3. The van der Waals surface area contributed by atoms with E-state index in [4.69, 9.17) is 39.4 Å². The van der Waals surface area contributed by atoms with E-state index < -0.39 is 6.04 Å². The first-order chi connectivity index (χ1) is 18.7. The summed E-state index contributed by atoms with van der Waals surface area (Å²) < 4.78 is 7.65. The molecule has 0 spiro atoms. The summed E-state index contributed by atoms with van der Waals surface area (Å²) in [4.78, 5) is 32.0. The van der Waals surface area contributed by atoms with Crippen LogP contribution in [0.15, 0.2) is 29.3 Å². The maximum atomic E-state index is 13.1. The van der Waals surface area contributed by atoms with Crippen molar-refractivity contribution in [1.29, 1.82) is 0 Å². The van der Waals surface area contributed by atoms with Crippen LogP contribution in [0.25, 0.3) is 11.3 Å². The number of nitrogens with two attached hydrogens (primary N) is 2. The highest BCUT2D eigenvalue weighted by atomic mass is 35.5.